The molecule has 0 atom stereocenters. The van der Waals surface area contributed by atoms with Crippen molar-refractivity contribution < 1.29 is 9.53 Å². The lowest BCUT2D eigenvalue weighted by atomic mass is 10.1. The zero-order valence-electron chi connectivity index (χ0n) is 19.6. The highest BCUT2D eigenvalue weighted by molar-refractivity contribution is 7.80. The van der Waals surface area contributed by atoms with Crippen molar-refractivity contribution in [3.63, 3.8) is 0 Å². The van der Waals surface area contributed by atoms with E-state index in [9.17, 15) is 4.79 Å². The van der Waals surface area contributed by atoms with Gasteiger partial charge in [0.25, 0.3) is 0 Å². The monoisotopic (exact) mass is 524 g/mol. The van der Waals surface area contributed by atoms with E-state index in [0.29, 0.717) is 33.9 Å². The lowest BCUT2D eigenvalue weighted by Gasteiger charge is -2.11. The number of benzene rings is 2. The number of thiophene rings is 1. The Labute approximate surface area is 218 Å². The minimum absolute atomic E-state index is 0.294. The van der Waals surface area contributed by atoms with Crippen LogP contribution in [-0.4, -0.2) is 27.5 Å². The summed E-state index contributed by atoms with van der Waals surface area (Å²) in [7, 11) is 0. The van der Waals surface area contributed by atoms with E-state index in [-0.39, 0.29) is 5.97 Å². The van der Waals surface area contributed by atoms with Gasteiger partial charge in [-0.2, -0.15) is 5.10 Å². The van der Waals surface area contributed by atoms with Crippen molar-refractivity contribution in [3.8, 4) is 10.4 Å². The van der Waals surface area contributed by atoms with Crippen molar-refractivity contribution in [1.82, 2.24) is 9.78 Å². The quantitative estimate of drug-likeness (QED) is 0.202. The molecule has 180 valence electrons. The lowest BCUT2D eigenvalue weighted by Crippen LogP contribution is -2.21. The number of ether oxygens (including phenoxy) is 1. The topological polar surface area (TPSA) is 68.2 Å². The summed E-state index contributed by atoms with van der Waals surface area (Å²) in [5.41, 5.74) is 5.16. The van der Waals surface area contributed by atoms with Crippen LogP contribution < -0.4 is 10.6 Å². The number of carbonyl (C=O) groups is 1. The SMILES string of the molecule is CCOC(=O)c1cc(-c2ccccc2)sc1NC(=S)Nc1c(C)nn(Cc2ccc(Cl)cc2)c1C. The average molecular weight is 525 g/mol. The van der Waals surface area contributed by atoms with E-state index in [4.69, 9.17) is 28.6 Å². The molecule has 0 unspecified atom stereocenters. The maximum atomic E-state index is 12.6. The Morgan fingerprint density at radius 3 is 2.51 bits per heavy atom. The fourth-order valence-corrected chi connectivity index (χ4v) is 5.08. The van der Waals surface area contributed by atoms with E-state index >= 15 is 0 Å². The maximum absolute atomic E-state index is 12.6. The molecular formula is C26H25ClN4O2S2. The molecule has 0 aliphatic heterocycles. The fourth-order valence-electron chi connectivity index (χ4n) is 3.63. The first kappa shape index (κ1) is 24.9. The van der Waals surface area contributed by atoms with Gasteiger partial charge in [0.1, 0.15) is 5.00 Å². The van der Waals surface area contributed by atoms with Gasteiger partial charge in [-0.15, -0.1) is 11.3 Å². The molecule has 0 saturated heterocycles. The Bertz CT molecular complexity index is 1350. The Kier molecular flexibility index (Phi) is 7.85. The molecule has 0 saturated carbocycles. The van der Waals surface area contributed by atoms with Crippen LogP contribution >= 0.6 is 35.2 Å². The molecule has 0 radical (unpaired) electrons. The van der Waals surface area contributed by atoms with Crippen LogP contribution in [0.5, 0.6) is 0 Å². The van der Waals surface area contributed by atoms with Crippen molar-refractivity contribution in [2.45, 2.75) is 27.3 Å². The molecule has 0 aliphatic carbocycles. The molecule has 2 heterocycles. The van der Waals surface area contributed by atoms with Gasteiger partial charge >= 0.3 is 5.97 Å². The predicted octanol–water partition coefficient (Wildman–Crippen LogP) is 6.92. The number of hydrogen-bond acceptors (Lipinski definition) is 5. The van der Waals surface area contributed by atoms with E-state index in [2.05, 4.69) is 15.7 Å². The highest BCUT2D eigenvalue weighted by Crippen LogP contribution is 2.36. The molecule has 4 aromatic rings. The van der Waals surface area contributed by atoms with Crippen molar-refractivity contribution in [2.75, 3.05) is 17.2 Å². The normalized spacial score (nSPS) is 10.7. The molecule has 2 aromatic heterocycles. The molecule has 0 spiro atoms. The van der Waals surface area contributed by atoms with Gasteiger partial charge in [-0.1, -0.05) is 54.1 Å². The number of nitrogens with zero attached hydrogens (tertiary/aromatic N) is 2. The molecule has 4 rings (SSSR count). The van der Waals surface area contributed by atoms with Gasteiger partial charge in [-0.25, -0.2) is 4.79 Å². The summed E-state index contributed by atoms with van der Waals surface area (Å²) in [6.45, 7) is 6.62. The minimum Gasteiger partial charge on any atom is -0.462 e. The second-order valence-electron chi connectivity index (χ2n) is 7.85. The summed E-state index contributed by atoms with van der Waals surface area (Å²) in [5, 5.41) is 12.8. The molecule has 9 heteroatoms. The predicted molar refractivity (Wildman–Crippen MR) is 148 cm³/mol. The second kappa shape index (κ2) is 11.0. The average Bonchev–Trinajstić information content (AvgIpc) is 3.38. The van der Waals surface area contributed by atoms with Gasteiger partial charge in [-0.05, 0) is 62.3 Å². The number of carbonyl (C=O) groups excluding carboxylic acids is 1. The van der Waals surface area contributed by atoms with Crippen LogP contribution in [0.1, 0.15) is 34.2 Å². The van der Waals surface area contributed by atoms with Crippen LogP contribution in [0.3, 0.4) is 0 Å². The zero-order valence-corrected chi connectivity index (χ0v) is 22.0. The first-order chi connectivity index (χ1) is 16.9. The van der Waals surface area contributed by atoms with E-state index in [1.165, 1.54) is 11.3 Å². The molecule has 2 N–H and O–H groups in total. The van der Waals surface area contributed by atoms with Crippen molar-refractivity contribution in [1.29, 1.82) is 0 Å². The number of halogens is 1. The number of aromatic nitrogens is 2. The number of nitrogens with one attached hydrogen (secondary N) is 2. The summed E-state index contributed by atoms with van der Waals surface area (Å²) in [5.74, 6) is -0.389. The van der Waals surface area contributed by atoms with Crippen molar-refractivity contribution >= 4 is 56.9 Å². The summed E-state index contributed by atoms with van der Waals surface area (Å²) >= 11 is 13.1. The standard InChI is InChI=1S/C26H25ClN4O2S2/c1-4-33-25(32)21-14-22(19-8-6-5-7-9-19)35-24(21)29-26(34)28-23-16(2)30-31(17(23)3)15-18-10-12-20(27)13-11-18/h5-14H,4,15H2,1-3H3,(H2,28,29,34). The Hall–Kier alpha value is -3.20. The van der Waals surface area contributed by atoms with Gasteiger partial charge in [0.05, 0.1) is 35.8 Å². The van der Waals surface area contributed by atoms with Crippen LogP contribution in [-0.2, 0) is 11.3 Å². The smallest absolute Gasteiger partial charge is 0.341 e. The number of rotatable bonds is 7. The Morgan fingerprint density at radius 1 is 1.11 bits per heavy atom. The summed E-state index contributed by atoms with van der Waals surface area (Å²) in [6, 6.07) is 19.4. The van der Waals surface area contributed by atoms with Gasteiger partial charge in [0.15, 0.2) is 5.11 Å². The molecule has 35 heavy (non-hydrogen) atoms. The van der Waals surface area contributed by atoms with Crippen LogP contribution in [0.4, 0.5) is 10.7 Å². The van der Waals surface area contributed by atoms with Gasteiger partial charge in [0.2, 0.25) is 0 Å². The highest BCUT2D eigenvalue weighted by atomic mass is 35.5. The molecule has 0 aliphatic rings. The van der Waals surface area contributed by atoms with Crippen LogP contribution in [0, 0.1) is 13.8 Å². The summed E-state index contributed by atoms with van der Waals surface area (Å²) in [6.07, 6.45) is 0. The number of anilines is 2. The van der Waals surface area contributed by atoms with E-state index < -0.39 is 0 Å². The molecule has 0 fully saturated rings. The van der Waals surface area contributed by atoms with Gasteiger partial charge in [-0.3, -0.25) is 4.68 Å². The Morgan fingerprint density at radius 2 is 1.83 bits per heavy atom. The zero-order chi connectivity index (χ0) is 24.9. The molecule has 2 aromatic carbocycles. The first-order valence-electron chi connectivity index (χ1n) is 11.1. The van der Waals surface area contributed by atoms with Crippen molar-refractivity contribution in [2.24, 2.45) is 0 Å². The third-order valence-electron chi connectivity index (χ3n) is 5.38. The Balaban J connectivity index is 1.54. The molecular weight excluding hydrogens is 500 g/mol. The summed E-state index contributed by atoms with van der Waals surface area (Å²) in [4.78, 5) is 13.6. The largest absolute Gasteiger partial charge is 0.462 e. The number of hydrogen-bond donors (Lipinski definition) is 2. The van der Waals surface area contributed by atoms with Crippen LogP contribution in [0.25, 0.3) is 10.4 Å². The summed E-state index contributed by atoms with van der Waals surface area (Å²) < 4.78 is 7.19. The highest BCUT2D eigenvalue weighted by Gasteiger charge is 2.20. The number of aryl methyl sites for hydroxylation is 1. The van der Waals surface area contributed by atoms with E-state index in [1.54, 1.807) is 6.92 Å². The number of thiocarbonyl (C=S) groups is 1. The van der Waals surface area contributed by atoms with Gasteiger partial charge in [0, 0.05) is 9.90 Å². The van der Waals surface area contributed by atoms with Crippen LogP contribution in [0.15, 0.2) is 60.7 Å². The van der Waals surface area contributed by atoms with Crippen LogP contribution in [0.2, 0.25) is 5.02 Å². The minimum atomic E-state index is -0.389. The fraction of sp³-hybridized carbons (Fsp3) is 0.192. The molecule has 0 amide bonds. The molecule has 6 nitrogen and oxygen atoms in total. The van der Waals surface area contributed by atoms with E-state index in [1.807, 2.05) is 79.2 Å². The van der Waals surface area contributed by atoms with Crippen molar-refractivity contribution in [3.05, 3.63) is 88.2 Å². The van der Waals surface area contributed by atoms with E-state index in [0.717, 1.165) is 33.1 Å². The molecule has 0 bridgehead atoms. The third kappa shape index (κ3) is 5.90. The lowest BCUT2D eigenvalue weighted by molar-refractivity contribution is 0.0528. The maximum Gasteiger partial charge on any atom is 0.341 e. The first-order valence-corrected chi connectivity index (χ1v) is 12.7. The second-order valence-corrected chi connectivity index (χ2v) is 9.75. The van der Waals surface area contributed by atoms with Gasteiger partial charge < -0.3 is 15.4 Å². The number of esters is 1. The third-order valence-corrected chi connectivity index (χ3v) is 6.93.